The zero-order valence-electron chi connectivity index (χ0n) is 12.0. The summed E-state index contributed by atoms with van der Waals surface area (Å²) in [6.07, 6.45) is 3.51. The maximum absolute atomic E-state index is 6.00. The molecule has 19 heavy (non-hydrogen) atoms. The Morgan fingerprint density at radius 3 is 2.84 bits per heavy atom. The van der Waals surface area contributed by atoms with E-state index < -0.39 is 0 Å². The molecule has 0 fully saturated rings. The first-order valence-electron chi connectivity index (χ1n) is 7.31. The van der Waals surface area contributed by atoms with Gasteiger partial charge in [-0.15, -0.1) is 0 Å². The molecule has 2 unspecified atom stereocenters. The van der Waals surface area contributed by atoms with Crippen LogP contribution in [0, 0.1) is 0 Å². The molecule has 2 atom stereocenters. The Labute approximate surface area is 116 Å². The van der Waals surface area contributed by atoms with Crippen molar-refractivity contribution >= 4 is 0 Å². The Balaban J connectivity index is 1.88. The average molecular weight is 263 g/mol. The normalized spacial score (nSPS) is 22.2. The van der Waals surface area contributed by atoms with E-state index in [0.29, 0.717) is 19.3 Å². The molecule has 0 spiro atoms. The number of ether oxygens (including phenoxy) is 2. The van der Waals surface area contributed by atoms with Crippen LogP contribution in [0.3, 0.4) is 0 Å². The molecule has 1 aromatic rings. The molecule has 0 saturated heterocycles. The fourth-order valence-electron chi connectivity index (χ4n) is 2.76. The van der Waals surface area contributed by atoms with Gasteiger partial charge in [0.2, 0.25) is 0 Å². The average Bonchev–Trinajstić information content (AvgIpc) is 2.46. The third-order valence-electron chi connectivity index (χ3n) is 3.68. The quantitative estimate of drug-likeness (QED) is 0.767. The Morgan fingerprint density at radius 1 is 1.21 bits per heavy atom. The Kier molecular flexibility index (Phi) is 5.83. The van der Waals surface area contributed by atoms with Gasteiger partial charge in [-0.05, 0) is 37.4 Å². The van der Waals surface area contributed by atoms with Crippen LogP contribution in [0.2, 0.25) is 0 Å². The second-order valence-electron chi connectivity index (χ2n) is 5.03. The lowest BCUT2D eigenvalue weighted by Crippen LogP contribution is -2.36. The number of hydrogen-bond donors (Lipinski definition) is 1. The molecule has 0 bridgehead atoms. The molecule has 0 aliphatic heterocycles. The van der Waals surface area contributed by atoms with Gasteiger partial charge in [-0.1, -0.05) is 31.2 Å². The molecular formula is C16H25NO2. The van der Waals surface area contributed by atoms with Crippen LogP contribution in [0.4, 0.5) is 0 Å². The Hall–Kier alpha value is -0.900. The van der Waals surface area contributed by atoms with Gasteiger partial charge in [0.15, 0.2) is 0 Å². The topological polar surface area (TPSA) is 30.5 Å². The van der Waals surface area contributed by atoms with E-state index >= 15 is 0 Å². The molecule has 3 nitrogen and oxygen atoms in total. The van der Waals surface area contributed by atoms with E-state index in [1.165, 1.54) is 11.1 Å². The van der Waals surface area contributed by atoms with Crippen molar-refractivity contribution in [3.05, 3.63) is 35.4 Å². The van der Waals surface area contributed by atoms with Crippen LogP contribution in [-0.2, 0) is 15.9 Å². The summed E-state index contributed by atoms with van der Waals surface area (Å²) in [6.45, 7) is 4.33. The molecule has 1 aromatic carbocycles. The van der Waals surface area contributed by atoms with Crippen LogP contribution in [0.15, 0.2) is 24.3 Å². The summed E-state index contributed by atoms with van der Waals surface area (Å²) in [4.78, 5) is 0. The van der Waals surface area contributed by atoms with Crippen molar-refractivity contribution in [2.75, 3.05) is 26.9 Å². The highest BCUT2D eigenvalue weighted by atomic mass is 16.5. The second-order valence-corrected chi connectivity index (χ2v) is 5.03. The molecule has 0 aromatic heterocycles. The summed E-state index contributed by atoms with van der Waals surface area (Å²) in [5.41, 5.74) is 2.83. The highest BCUT2D eigenvalue weighted by Crippen LogP contribution is 2.31. The predicted octanol–water partition coefficient (Wildman–Crippen LogP) is 2.71. The number of fused-ring (bicyclic) bond motifs is 1. The van der Waals surface area contributed by atoms with E-state index in [-0.39, 0.29) is 6.10 Å². The maximum Gasteiger partial charge on any atom is 0.0774 e. The Bertz CT molecular complexity index is 381. The first kappa shape index (κ1) is 14.5. The summed E-state index contributed by atoms with van der Waals surface area (Å²) in [7, 11) is 2.01. The van der Waals surface area contributed by atoms with Gasteiger partial charge in [0.1, 0.15) is 0 Å². The third kappa shape index (κ3) is 3.78. The molecule has 0 saturated carbocycles. The fourth-order valence-corrected chi connectivity index (χ4v) is 2.76. The van der Waals surface area contributed by atoms with Crippen LogP contribution in [0.1, 0.15) is 36.9 Å². The number of nitrogens with one attached hydrogen (secondary N) is 1. The molecule has 3 heteroatoms. The van der Waals surface area contributed by atoms with E-state index in [9.17, 15) is 0 Å². The predicted molar refractivity (Wildman–Crippen MR) is 77.4 cm³/mol. The first-order valence-corrected chi connectivity index (χ1v) is 7.31. The summed E-state index contributed by atoms with van der Waals surface area (Å²) >= 11 is 0. The molecule has 106 valence electrons. The SMILES string of the molecule is CCCOCCOC1CCc2ccccc2C1NC. The molecule has 2 rings (SSSR count). The van der Waals surface area contributed by atoms with Crippen molar-refractivity contribution in [1.82, 2.24) is 5.32 Å². The maximum atomic E-state index is 6.00. The number of aryl methyl sites for hydroxylation is 1. The molecule has 0 heterocycles. The van der Waals surface area contributed by atoms with E-state index in [1.807, 2.05) is 7.05 Å². The van der Waals surface area contributed by atoms with Gasteiger partial charge < -0.3 is 14.8 Å². The minimum atomic E-state index is 0.255. The number of benzene rings is 1. The molecule has 0 amide bonds. The van der Waals surface area contributed by atoms with Crippen LogP contribution in [-0.4, -0.2) is 33.0 Å². The van der Waals surface area contributed by atoms with Crippen LogP contribution < -0.4 is 5.32 Å². The van der Waals surface area contributed by atoms with Gasteiger partial charge in [0.05, 0.1) is 25.4 Å². The fraction of sp³-hybridized carbons (Fsp3) is 0.625. The van der Waals surface area contributed by atoms with Crippen LogP contribution in [0.5, 0.6) is 0 Å². The van der Waals surface area contributed by atoms with Crippen LogP contribution in [0.25, 0.3) is 0 Å². The summed E-state index contributed by atoms with van der Waals surface area (Å²) < 4.78 is 11.5. The molecular weight excluding hydrogens is 238 g/mol. The minimum Gasteiger partial charge on any atom is -0.379 e. The van der Waals surface area contributed by atoms with Crippen molar-refractivity contribution in [1.29, 1.82) is 0 Å². The zero-order valence-corrected chi connectivity index (χ0v) is 12.0. The zero-order chi connectivity index (χ0) is 13.5. The molecule has 1 aliphatic rings. The molecule has 0 radical (unpaired) electrons. The third-order valence-corrected chi connectivity index (χ3v) is 3.68. The molecule has 1 aliphatic carbocycles. The number of rotatable bonds is 7. The minimum absolute atomic E-state index is 0.255. The Morgan fingerprint density at radius 2 is 2.05 bits per heavy atom. The lowest BCUT2D eigenvalue weighted by atomic mass is 9.85. The largest absolute Gasteiger partial charge is 0.379 e. The highest BCUT2D eigenvalue weighted by Gasteiger charge is 2.28. The van der Waals surface area contributed by atoms with E-state index in [4.69, 9.17) is 9.47 Å². The lowest BCUT2D eigenvalue weighted by molar-refractivity contribution is -0.0175. The van der Waals surface area contributed by atoms with Crippen molar-refractivity contribution < 1.29 is 9.47 Å². The lowest BCUT2D eigenvalue weighted by Gasteiger charge is -2.33. The van der Waals surface area contributed by atoms with Gasteiger partial charge in [-0.2, -0.15) is 0 Å². The number of hydrogen-bond acceptors (Lipinski definition) is 3. The van der Waals surface area contributed by atoms with Crippen molar-refractivity contribution in [3.8, 4) is 0 Å². The summed E-state index contributed by atoms with van der Waals surface area (Å²) in [5.74, 6) is 0. The smallest absolute Gasteiger partial charge is 0.0774 e. The highest BCUT2D eigenvalue weighted by molar-refractivity contribution is 5.33. The van der Waals surface area contributed by atoms with Gasteiger partial charge in [0.25, 0.3) is 0 Å². The monoisotopic (exact) mass is 263 g/mol. The number of likely N-dealkylation sites (N-methyl/N-ethyl adjacent to an activating group) is 1. The van der Waals surface area contributed by atoms with Crippen LogP contribution >= 0.6 is 0 Å². The van der Waals surface area contributed by atoms with E-state index in [0.717, 1.165) is 25.9 Å². The van der Waals surface area contributed by atoms with Gasteiger partial charge >= 0.3 is 0 Å². The summed E-state index contributed by atoms with van der Waals surface area (Å²) in [5, 5.41) is 3.40. The first-order chi connectivity index (χ1) is 9.36. The second kappa shape index (κ2) is 7.63. The molecule has 1 N–H and O–H groups in total. The van der Waals surface area contributed by atoms with E-state index in [1.54, 1.807) is 0 Å². The standard InChI is InChI=1S/C16H25NO2/c1-3-10-18-11-12-19-15-9-8-13-6-4-5-7-14(13)16(15)17-2/h4-7,15-17H,3,8-12H2,1-2H3. The van der Waals surface area contributed by atoms with Gasteiger partial charge in [0, 0.05) is 6.61 Å². The van der Waals surface area contributed by atoms with E-state index in [2.05, 4.69) is 36.5 Å². The van der Waals surface area contributed by atoms with Crippen molar-refractivity contribution in [2.45, 2.75) is 38.3 Å². The van der Waals surface area contributed by atoms with Crippen molar-refractivity contribution in [3.63, 3.8) is 0 Å². The summed E-state index contributed by atoms with van der Waals surface area (Å²) in [6, 6.07) is 8.96. The van der Waals surface area contributed by atoms with Crippen molar-refractivity contribution in [2.24, 2.45) is 0 Å². The van der Waals surface area contributed by atoms with Gasteiger partial charge in [-0.3, -0.25) is 0 Å². The van der Waals surface area contributed by atoms with Gasteiger partial charge in [-0.25, -0.2) is 0 Å².